The molecule has 0 nitrogen and oxygen atoms in total. The SMILES string of the molecule is CCCCCCCC(C)C(CC)CCCCCCC. The van der Waals surface area contributed by atoms with Crippen LogP contribution in [0.15, 0.2) is 0 Å². The summed E-state index contributed by atoms with van der Waals surface area (Å²) in [5.74, 6) is 1.95. The molecule has 116 valence electrons. The van der Waals surface area contributed by atoms with Crippen LogP contribution in [0.25, 0.3) is 0 Å². The van der Waals surface area contributed by atoms with Crippen LogP contribution >= 0.6 is 0 Å². The van der Waals surface area contributed by atoms with Crippen molar-refractivity contribution in [3.8, 4) is 0 Å². The third-order valence-corrected chi connectivity index (χ3v) is 4.77. The topological polar surface area (TPSA) is 0 Å². The molecule has 0 aliphatic heterocycles. The molecule has 2 atom stereocenters. The fourth-order valence-corrected chi connectivity index (χ4v) is 3.21. The van der Waals surface area contributed by atoms with Crippen LogP contribution in [0.1, 0.15) is 111 Å². The lowest BCUT2D eigenvalue weighted by molar-refractivity contribution is 0.291. The van der Waals surface area contributed by atoms with E-state index in [1.807, 2.05) is 0 Å². The lowest BCUT2D eigenvalue weighted by Gasteiger charge is -2.22. The summed E-state index contributed by atoms with van der Waals surface area (Å²) in [6, 6.07) is 0. The quantitative estimate of drug-likeness (QED) is 0.288. The van der Waals surface area contributed by atoms with E-state index in [1.165, 1.54) is 83.5 Å². The summed E-state index contributed by atoms with van der Waals surface area (Å²) in [6.45, 7) is 9.49. The van der Waals surface area contributed by atoms with Crippen LogP contribution in [0.2, 0.25) is 0 Å². The van der Waals surface area contributed by atoms with E-state index in [0.29, 0.717) is 0 Å². The zero-order valence-electron chi connectivity index (χ0n) is 14.3. The molecule has 0 heteroatoms. The molecule has 0 fully saturated rings. The number of rotatable bonds is 14. The summed E-state index contributed by atoms with van der Waals surface area (Å²) in [4.78, 5) is 0. The van der Waals surface area contributed by atoms with E-state index in [0.717, 1.165) is 11.8 Å². The molecule has 19 heavy (non-hydrogen) atoms. The Morgan fingerprint density at radius 3 is 1.53 bits per heavy atom. The molecule has 0 saturated heterocycles. The molecule has 0 rings (SSSR count). The Morgan fingerprint density at radius 1 is 0.579 bits per heavy atom. The molecular weight excluding hydrogens is 228 g/mol. The Hall–Kier alpha value is 0. The molecule has 0 N–H and O–H groups in total. The zero-order chi connectivity index (χ0) is 14.3. The third-order valence-electron chi connectivity index (χ3n) is 4.77. The van der Waals surface area contributed by atoms with Crippen molar-refractivity contribution in [1.82, 2.24) is 0 Å². The highest BCUT2D eigenvalue weighted by Crippen LogP contribution is 2.27. The molecule has 0 aromatic carbocycles. The van der Waals surface area contributed by atoms with Crippen molar-refractivity contribution in [3.63, 3.8) is 0 Å². The second-order valence-corrected chi connectivity index (χ2v) is 6.55. The molecule has 0 aliphatic rings. The van der Waals surface area contributed by atoms with E-state index < -0.39 is 0 Å². The second-order valence-electron chi connectivity index (χ2n) is 6.55. The summed E-state index contributed by atoms with van der Waals surface area (Å²) in [5.41, 5.74) is 0. The predicted octanol–water partition coefficient (Wildman–Crippen LogP) is 7.37. The van der Waals surface area contributed by atoms with Crippen LogP contribution in [0.5, 0.6) is 0 Å². The number of hydrogen-bond acceptors (Lipinski definition) is 0. The summed E-state index contributed by atoms with van der Waals surface area (Å²) >= 11 is 0. The highest BCUT2D eigenvalue weighted by atomic mass is 14.2. The summed E-state index contributed by atoms with van der Waals surface area (Å²) in [5, 5.41) is 0. The Kier molecular flexibility index (Phi) is 14.4. The molecule has 0 saturated carbocycles. The first-order chi connectivity index (χ1) is 9.26. The minimum Gasteiger partial charge on any atom is -0.0654 e. The van der Waals surface area contributed by atoms with Crippen LogP contribution in [0.4, 0.5) is 0 Å². The second kappa shape index (κ2) is 14.4. The van der Waals surface area contributed by atoms with Crippen molar-refractivity contribution in [2.24, 2.45) is 11.8 Å². The minimum atomic E-state index is 0.956. The lowest BCUT2D eigenvalue weighted by Crippen LogP contribution is -2.11. The van der Waals surface area contributed by atoms with Gasteiger partial charge in [-0.05, 0) is 11.8 Å². The highest BCUT2D eigenvalue weighted by molar-refractivity contribution is 4.66. The predicted molar refractivity (Wildman–Crippen MR) is 89.7 cm³/mol. The maximum atomic E-state index is 2.50. The average molecular weight is 269 g/mol. The first-order valence-electron chi connectivity index (χ1n) is 9.26. The van der Waals surface area contributed by atoms with Gasteiger partial charge in [-0.25, -0.2) is 0 Å². The fraction of sp³-hybridized carbons (Fsp3) is 1.00. The van der Waals surface area contributed by atoms with E-state index in [9.17, 15) is 0 Å². The van der Waals surface area contributed by atoms with Crippen molar-refractivity contribution in [1.29, 1.82) is 0 Å². The summed E-state index contributed by atoms with van der Waals surface area (Å²) in [7, 11) is 0. The van der Waals surface area contributed by atoms with Gasteiger partial charge in [0.15, 0.2) is 0 Å². The van der Waals surface area contributed by atoms with Gasteiger partial charge in [-0.3, -0.25) is 0 Å². The van der Waals surface area contributed by atoms with E-state index in [-0.39, 0.29) is 0 Å². The van der Waals surface area contributed by atoms with Gasteiger partial charge in [0.1, 0.15) is 0 Å². The normalized spacial score (nSPS) is 14.5. The maximum Gasteiger partial charge on any atom is -0.0391 e. The Morgan fingerprint density at radius 2 is 1.05 bits per heavy atom. The molecule has 0 heterocycles. The van der Waals surface area contributed by atoms with Crippen LogP contribution in [-0.2, 0) is 0 Å². The monoisotopic (exact) mass is 268 g/mol. The van der Waals surface area contributed by atoms with Gasteiger partial charge in [-0.1, -0.05) is 111 Å². The van der Waals surface area contributed by atoms with E-state index >= 15 is 0 Å². The van der Waals surface area contributed by atoms with Gasteiger partial charge in [0.2, 0.25) is 0 Å². The van der Waals surface area contributed by atoms with Gasteiger partial charge in [-0.15, -0.1) is 0 Å². The highest BCUT2D eigenvalue weighted by Gasteiger charge is 2.14. The molecule has 2 unspecified atom stereocenters. The van der Waals surface area contributed by atoms with Crippen molar-refractivity contribution >= 4 is 0 Å². The third kappa shape index (κ3) is 11.5. The van der Waals surface area contributed by atoms with Crippen molar-refractivity contribution in [2.75, 3.05) is 0 Å². The van der Waals surface area contributed by atoms with Crippen LogP contribution in [-0.4, -0.2) is 0 Å². The first-order valence-corrected chi connectivity index (χ1v) is 9.26. The molecule has 0 radical (unpaired) electrons. The Labute approximate surface area is 123 Å². The zero-order valence-corrected chi connectivity index (χ0v) is 14.3. The molecule has 0 aliphatic carbocycles. The van der Waals surface area contributed by atoms with Gasteiger partial charge in [0, 0.05) is 0 Å². The van der Waals surface area contributed by atoms with Crippen LogP contribution in [0.3, 0.4) is 0 Å². The van der Waals surface area contributed by atoms with Crippen molar-refractivity contribution in [3.05, 3.63) is 0 Å². The van der Waals surface area contributed by atoms with Gasteiger partial charge < -0.3 is 0 Å². The summed E-state index contributed by atoms with van der Waals surface area (Å²) < 4.78 is 0. The van der Waals surface area contributed by atoms with Crippen molar-refractivity contribution in [2.45, 2.75) is 111 Å². The molecule has 0 bridgehead atoms. The number of hydrogen-bond donors (Lipinski definition) is 0. The van der Waals surface area contributed by atoms with E-state index in [4.69, 9.17) is 0 Å². The summed E-state index contributed by atoms with van der Waals surface area (Å²) in [6.07, 6.45) is 18.7. The maximum absolute atomic E-state index is 2.50. The molecule has 0 aromatic heterocycles. The fourth-order valence-electron chi connectivity index (χ4n) is 3.21. The molecule has 0 aromatic rings. The Balaban J connectivity index is 3.57. The van der Waals surface area contributed by atoms with Gasteiger partial charge in [0.25, 0.3) is 0 Å². The first kappa shape index (κ1) is 19.0. The molecule has 0 amide bonds. The molecular formula is C19H40. The van der Waals surface area contributed by atoms with Gasteiger partial charge in [-0.2, -0.15) is 0 Å². The largest absolute Gasteiger partial charge is 0.0654 e. The van der Waals surface area contributed by atoms with Crippen LogP contribution < -0.4 is 0 Å². The van der Waals surface area contributed by atoms with Crippen molar-refractivity contribution < 1.29 is 0 Å². The Bertz CT molecular complexity index is 161. The minimum absolute atomic E-state index is 0.956. The molecule has 0 spiro atoms. The van der Waals surface area contributed by atoms with Gasteiger partial charge >= 0.3 is 0 Å². The van der Waals surface area contributed by atoms with Crippen LogP contribution in [0, 0.1) is 11.8 Å². The average Bonchev–Trinajstić information content (AvgIpc) is 2.42. The van der Waals surface area contributed by atoms with Gasteiger partial charge in [0.05, 0.1) is 0 Å². The standard InChI is InChI=1S/C19H40/c1-5-8-10-12-14-16-18(4)19(7-3)17-15-13-11-9-6-2/h18-19H,5-17H2,1-4H3. The smallest absolute Gasteiger partial charge is 0.0391 e. The van der Waals surface area contributed by atoms with E-state index in [2.05, 4.69) is 27.7 Å². The number of unbranched alkanes of at least 4 members (excludes halogenated alkanes) is 8. The van der Waals surface area contributed by atoms with E-state index in [1.54, 1.807) is 0 Å². The lowest BCUT2D eigenvalue weighted by atomic mass is 9.83.